The highest BCUT2D eigenvalue weighted by Crippen LogP contribution is 2.29. The van der Waals surface area contributed by atoms with Crippen LogP contribution in [0.15, 0.2) is 12.1 Å². The summed E-state index contributed by atoms with van der Waals surface area (Å²) in [6.07, 6.45) is 0. The fourth-order valence-corrected chi connectivity index (χ4v) is 1.54. The fourth-order valence-electron chi connectivity index (χ4n) is 1.18. The van der Waals surface area contributed by atoms with Gasteiger partial charge in [0.15, 0.2) is 5.75 Å². The third-order valence-electron chi connectivity index (χ3n) is 1.62. The number of esters is 1. The zero-order chi connectivity index (χ0) is 10.0. The van der Waals surface area contributed by atoms with Crippen molar-refractivity contribution >= 4 is 17.6 Å². The molecule has 0 amide bonds. The molecule has 0 saturated heterocycles. The van der Waals surface area contributed by atoms with E-state index in [2.05, 4.69) is 0 Å². The predicted octanol–water partition coefficient (Wildman–Crippen LogP) is 2.88. The predicted molar refractivity (Wildman–Crippen MR) is 52.2 cm³/mol. The molecule has 0 saturated carbocycles. The molecule has 0 aliphatic carbocycles. The molecule has 0 spiro atoms. The molecule has 0 atom stereocenters. The Labute approximate surface area is 82.5 Å². The Morgan fingerprint density at radius 2 is 2.00 bits per heavy atom. The molecule has 0 heterocycles. The highest BCUT2D eigenvalue weighted by Gasteiger charge is 2.08. The molecular formula is C10H11ClO2. The highest BCUT2D eigenvalue weighted by molar-refractivity contribution is 6.32. The maximum Gasteiger partial charge on any atom is 0.308 e. The lowest BCUT2D eigenvalue weighted by atomic mass is 10.1. The molecule has 0 N–H and O–H groups in total. The summed E-state index contributed by atoms with van der Waals surface area (Å²) in [5.74, 6) is 0.105. The first-order chi connectivity index (χ1) is 6.00. The van der Waals surface area contributed by atoms with E-state index in [0.717, 1.165) is 11.1 Å². The number of hydrogen-bond donors (Lipinski definition) is 0. The summed E-state index contributed by atoms with van der Waals surface area (Å²) in [6, 6.07) is 3.69. The summed E-state index contributed by atoms with van der Waals surface area (Å²) in [7, 11) is 0. The van der Waals surface area contributed by atoms with Crippen molar-refractivity contribution in [2.75, 3.05) is 0 Å². The Hall–Kier alpha value is -1.02. The molecule has 0 unspecified atom stereocenters. The van der Waals surface area contributed by atoms with Crippen molar-refractivity contribution in [3.05, 3.63) is 28.3 Å². The first-order valence-corrected chi connectivity index (χ1v) is 4.33. The van der Waals surface area contributed by atoms with E-state index in [9.17, 15) is 4.79 Å². The molecule has 1 aromatic carbocycles. The second-order valence-electron chi connectivity index (χ2n) is 2.99. The summed E-state index contributed by atoms with van der Waals surface area (Å²) in [4.78, 5) is 10.7. The molecule has 2 nitrogen and oxygen atoms in total. The van der Waals surface area contributed by atoms with Crippen LogP contribution >= 0.6 is 11.6 Å². The largest absolute Gasteiger partial charge is 0.425 e. The van der Waals surface area contributed by atoms with Gasteiger partial charge < -0.3 is 4.74 Å². The number of hydrogen-bond acceptors (Lipinski definition) is 2. The Kier molecular flexibility index (Phi) is 2.94. The van der Waals surface area contributed by atoms with Crippen LogP contribution in [0.3, 0.4) is 0 Å². The van der Waals surface area contributed by atoms with E-state index >= 15 is 0 Å². The van der Waals surface area contributed by atoms with Gasteiger partial charge in [-0.3, -0.25) is 4.79 Å². The minimum atomic E-state index is -0.353. The Bertz CT molecular complexity index is 322. The van der Waals surface area contributed by atoms with Gasteiger partial charge in [-0.05, 0) is 31.0 Å². The van der Waals surface area contributed by atoms with Crippen molar-refractivity contribution in [2.24, 2.45) is 0 Å². The van der Waals surface area contributed by atoms with Gasteiger partial charge in [0, 0.05) is 6.92 Å². The molecule has 70 valence electrons. The van der Waals surface area contributed by atoms with E-state index in [1.54, 1.807) is 6.07 Å². The second kappa shape index (κ2) is 3.79. The standard InChI is InChI=1S/C10H11ClO2/c1-6-4-7(2)10(9(11)5-6)13-8(3)12/h4-5H,1-3H3. The van der Waals surface area contributed by atoms with Crippen molar-refractivity contribution in [1.29, 1.82) is 0 Å². The van der Waals surface area contributed by atoms with Crippen molar-refractivity contribution in [3.8, 4) is 5.75 Å². The minimum absolute atomic E-state index is 0.353. The quantitative estimate of drug-likeness (QED) is 0.512. The van der Waals surface area contributed by atoms with Crippen LogP contribution in [0.4, 0.5) is 0 Å². The summed E-state index contributed by atoms with van der Waals surface area (Å²) < 4.78 is 4.96. The third kappa shape index (κ3) is 2.46. The first-order valence-electron chi connectivity index (χ1n) is 3.96. The molecule has 0 aliphatic heterocycles. The van der Waals surface area contributed by atoms with E-state index < -0.39 is 0 Å². The van der Waals surface area contributed by atoms with E-state index in [0.29, 0.717) is 10.8 Å². The zero-order valence-electron chi connectivity index (χ0n) is 7.85. The number of aryl methyl sites for hydroxylation is 2. The van der Waals surface area contributed by atoms with Gasteiger partial charge in [-0.15, -0.1) is 0 Å². The smallest absolute Gasteiger partial charge is 0.308 e. The number of ether oxygens (including phenoxy) is 1. The molecule has 0 fully saturated rings. The summed E-state index contributed by atoms with van der Waals surface area (Å²) in [6.45, 7) is 5.16. The van der Waals surface area contributed by atoms with Gasteiger partial charge in [0.05, 0.1) is 5.02 Å². The van der Waals surface area contributed by atoms with Crippen LogP contribution in [0.2, 0.25) is 5.02 Å². The van der Waals surface area contributed by atoms with Crippen molar-refractivity contribution in [3.63, 3.8) is 0 Å². The van der Waals surface area contributed by atoms with Crippen molar-refractivity contribution < 1.29 is 9.53 Å². The molecular weight excluding hydrogens is 188 g/mol. The maximum absolute atomic E-state index is 10.7. The van der Waals surface area contributed by atoms with Crippen molar-refractivity contribution in [2.45, 2.75) is 20.8 Å². The molecule has 0 aromatic heterocycles. The van der Waals surface area contributed by atoms with Gasteiger partial charge >= 0.3 is 5.97 Å². The zero-order valence-corrected chi connectivity index (χ0v) is 8.61. The second-order valence-corrected chi connectivity index (χ2v) is 3.39. The van der Waals surface area contributed by atoms with Gasteiger partial charge in [-0.2, -0.15) is 0 Å². The number of carbonyl (C=O) groups excluding carboxylic acids is 1. The molecule has 0 aliphatic rings. The molecule has 0 radical (unpaired) electrons. The minimum Gasteiger partial charge on any atom is -0.425 e. The molecule has 13 heavy (non-hydrogen) atoms. The van der Waals surface area contributed by atoms with Crippen LogP contribution in [0.25, 0.3) is 0 Å². The van der Waals surface area contributed by atoms with Crippen LogP contribution < -0.4 is 4.74 Å². The van der Waals surface area contributed by atoms with Crippen LogP contribution in [-0.2, 0) is 4.79 Å². The van der Waals surface area contributed by atoms with E-state index in [1.807, 2.05) is 19.9 Å². The summed E-state index contributed by atoms with van der Waals surface area (Å²) in [5, 5.41) is 0.479. The van der Waals surface area contributed by atoms with Crippen LogP contribution in [-0.4, -0.2) is 5.97 Å². The number of halogens is 1. The lowest BCUT2D eigenvalue weighted by molar-refractivity contribution is -0.131. The van der Waals surface area contributed by atoms with Crippen molar-refractivity contribution in [1.82, 2.24) is 0 Å². The van der Waals surface area contributed by atoms with Crippen LogP contribution in [0, 0.1) is 13.8 Å². The summed E-state index contributed by atoms with van der Waals surface area (Å²) in [5.41, 5.74) is 1.93. The van der Waals surface area contributed by atoms with E-state index in [1.165, 1.54) is 6.92 Å². The molecule has 3 heteroatoms. The van der Waals surface area contributed by atoms with E-state index in [-0.39, 0.29) is 5.97 Å². The third-order valence-corrected chi connectivity index (χ3v) is 1.90. The molecule has 0 bridgehead atoms. The number of benzene rings is 1. The first kappa shape index (κ1) is 10.1. The van der Waals surface area contributed by atoms with Gasteiger partial charge in [-0.1, -0.05) is 17.7 Å². The summed E-state index contributed by atoms with van der Waals surface area (Å²) >= 11 is 5.90. The lowest BCUT2D eigenvalue weighted by Crippen LogP contribution is -2.03. The van der Waals surface area contributed by atoms with Crippen LogP contribution in [0.1, 0.15) is 18.1 Å². The highest BCUT2D eigenvalue weighted by atomic mass is 35.5. The average molecular weight is 199 g/mol. The lowest BCUT2D eigenvalue weighted by Gasteiger charge is -2.08. The normalized spacial score (nSPS) is 9.85. The Morgan fingerprint density at radius 3 is 2.46 bits per heavy atom. The van der Waals surface area contributed by atoms with Crippen LogP contribution in [0.5, 0.6) is 5.75 Å². The SMILES string of the molecule is CC(=O)Oc1c(C)cc(C)cc1Cl. The fraction of sp³-hybridized carbons (Fsp3) is 0.300. The Balaban J connectivity index is 3.13. The molecule has 1 aromatic rings. The number of rotatable bonds is 1. The van der Waals surface area contributed by atoms with Gasteiger partial charge in [0.1, 0.15) is 0 Å². The monoisotopic (exact) mass is 198 g/mol. The Morgan fingerprint density at radius 1 is 1.38 bits per heavy atom. The number of carbonyl (C=O) groups is 1. The van der Waals surface area contributed by atoms with Gasteiger partial charge in [0.25, 0.3) is 0 Å². The van der Waals surface area contributed by atoms with Gasteiger partial charge in [0.2, 0.25) is 0 Å². The van der Waals surface area contributed by atoms with Gasteiger partial charge in [-0.25, -0.2) is 0 Å². The van der Waals surface area contributed by atoms with E-state index in [4.69, 9.17) is 16.3 Å². The molecule has 1 rings (SSSR count). The topological polar surface area (TPSA) is 26.3 Å². The maximum atomic E-state index is 10.7. The average Bonchev–Trinajstić information content (AvgIpc) is 1.96.